The summed E-state index contributed by atoms with van der Waals surface area (Å²) in [6.45, 7) is 5.27. The number of anilines is 1. The Bertz CT molecular complexity index is 1510. The Hall–Kier alpha value is -3.84. The third-order valence-electron chi connectivity index (χ3n) is 8.29. The molecule has 0 bridgehead atoms. The zero-order chi connectivity index (χ0) is 32.4. The van der Waals surface area contributed by atoms with E-state index in [1.54, 1.807) is 6.07 Å². The summed E-state index contributed by atoms with van der Waals surface area (Å²) >= 11 is 0. The van der Waals surface area contributed by atoms with Gasteiger partial charge >= 0.3 is 0 Å². The minimum atomic E-state index is -1.56. The van der Waals surface area contributed by atoms with Crippen LogP contribution in [0.2, 0.25) is 0 Å². The van der Waals surface area contributed by atoms with E-state index in [1.165, 1.54) is 0 Å². The van der Waals surface area contributed by atoms with Crippen molar-refractivity contribution in [1.82, 2.24) is 5.32 Å². The fourth-order valence-corrected chi connectivity index (χ4v) is 5.84. The summed E-state index contributed by atoms with van der Waals surface area (Å²) in [7, 11) is 0. The number of fused-ring (bicyclic) bond motifs is 1. The van der Waals surface area contributed by atoms with Gasteiger partial charge in [0.15, 0.2) is 12.9 Å². The van der Waals surface area contributed by atoms with Gasteiger partial charge in [-0.2, -0.15) is 0 Å². The number of carbonyl (C=O) groups is 2. The van der Waals surface area contributed by atoms with Crippen molar-refractivity contribution >= 4 is 17.5 Å². The monoisotopic (exact) mass is 620 g/mol. The second-order valence-corrected chi connectivity index (χ2v) is 12.3. The third kappa shape index (κ3) is 6.32. The summed E-state index contributed by atoms with van der Waals surface area (Å²) < 4.78 is 16.9. The molecular weight excluding hydrogens is 580 g/mol. The molecular formula is C34H40N2O9. The van der Waals surface area contributed by atoms with E-state index in [1.807, 2.05) is 66.7 Å². The van der Waals surface area contributed by atoms with Crippen molar-refractivity contribution in [2.24, 2.45) is 0 Å². The zero-order valence-corrected chi connectivity index (χ0v) is 25.5. The molecule has 0 spiro atoms. The fraction of sp³-hybridized carbons (Fsp3) is 0.412. The lowest BCUT2D eigenvalue weighted by atomic mass is 9.68. The number of hydrogen-bond donors (Lipinski definition) is 6. The average Bonchev–Trinajstić information content (AvgIpc) is 3.33. The van der Waals surface area contributed by atoms with Crippen LogP contribution in [-0.2, 0) is 29.9 Å². The lowest BCUT2D eigenvalue weighted by Gasteiger charge is -2.39. The molecule has 1 saturated heterocycles. The molecule has 45 heavy (non-hydrogen) atoms. The first-order valence-electron chi connectivity index (χ1n) is 14.9. The maximum absolute atomic E-state index is 14.1. The number of nitrogens with one attached hydrogen (secondary N) is 2. The molecule has 0 radical (unpaired) electrons. The first kappa shape index (κ1) is 32.6. The quantitative estimate of drug-likeness (QED) is 0.185. The second-order valence-electron chi connectivity index (χ2n) is 12.3. The van der Waals surface area contributed by atoms with E-state index < -0.39 is 48.6 Å². The van der Waals surface area contributed by atoms with Crippen LogP contribution in [0, 0.1) is 0 Å². The Morgan fingerprint density at radius 2 is 1.67 bits per heavy atom. The summed E-state index contributed by atoms with van der Waals surface area (Å²) in [5.41, 5.74) is 2.39. The van der Waals surface area contributed by atoms with Crippen molar-refractivity contribution in [2.45, 2.75) is 62.3 Å². The number of para-hydroxylation sites is 1. The molecule has 2 amide bonds. The fourth-order valence-electron chi connectivity index (χ4n) is 5.84. The molecule has 1 fully saturated rings. The number of aliphatic hydroxyl groups excluding tert-OH is 4. The topological polar surface area (TPSA) is 167 Å². The molecule has 0 aromatic heterocycles. The van der Waals surface area contributed by atoms with Gasteiger partial charge < -0.3 is 45.3 Å². The van der Waals surface area contributed by atoms with E-state index >= 15 is 0 Å². The molecule has 2 heterocycles. The van der Waals surface area contributed by atoms with Gasteiger partial charge in [-0.25, -0.2) is 0 Å². The van der Waals surface area contributed by atoms with Crippen LogP contribution in [0.3, 0.4) is 0 Å². The van der Waals surface area contributed by atoms with Crippen molar-refractivity contribution in [3.05, 3.63) is 95.1 Å². The predicted octanol–water partition coefficient (Wildman–Crippen LogP) is 1.58. The van der Waals surface area contributed by atoms with Crippen molar-refractivity contribution < 1.29 is 44.2 Å². The Morgan fingerprint density at radius 3 is 2.38 bits per heavy atom. The van der Waals surface area contributed by atoms with Gasteiger partial charge in [0.05, 0.1) is 13.2 Å². The Morgan fingerprint density at radius 1 is 0.956 bits per heavy atom. The summed E-state index contributed by atoms with van der Waals surface area (Å²) in [4.78, 5) is 26.9. The number of amides is 2. The van der Waals surface area contributed by atoms with Gasteiger partial charge in [0.2, 0.25) is 5.91 Å². The highest BCUT2D eigenvalue weighted by atomic mass is 16.7. The largest absolute Gasteiger partial charge is 0.483 e. The molecule has 2 aliphatic heterocycles. The Kier molecular flexibility index (Phi) is 9.59. The van der Waals surface area contributed by atoms with E-state index in [0.29, 0.717) is 17.0 Å². The number of benzene rings is 3. The number of carbonyl (C=O) groups excluding carboxylic acids is 2. The molecule has 11 heteroatoms. The highest BCUT2D eigenvalue weighted by Gasteiger charge is 2.51. The van der Waals surface area contributed by atoms with Gasteiger partial charge in [-0.3, -0.25) is 9.59 Å². The molecule has 0 saturated carbocycles. The molecule has 6 atom stereocenters. The van der Waals surface area contributed by atoms with E-state index in [-0.39, 0.29) is 31.1 Å². The van der Waals surface area contributed by atoms with Crippen LogP contribution in [0.1, 0.15) is 43.0 Å². The van der Waals surface area contributed by atoms with Crippen molar-refractivity contribution in [1.29, 1.82) is 0 Å². The second kappa shape index (κ2) is 13.3. The maximum atomic E-state index is 14.1. The summed E-state index contributed by atoms with van der Waals surface area (Å²) in [5.74, 6) is -0.296. The lowest BCUT2D eigenvalue weighted by Crippen LogP contribution is -2.59. The predicted molar refractivity (Wildman–Crippen MR) is 165 cm³/mol. The molecule has 11 nitrogen and oxygen atoms in total. The van der Waals surface area contributed by atoms with E-state index in [2.05, 4.69) is 31.4 Å². The third-order valence-corrected chi connectivity index (χ3v) is 8.29. The SMILES string of the molecule is CC(C)(C)c1ccc(OCC(=O)NCCOC2OC(CO)C(O)C(O)C2O)c(C2(c3ccccc3)C(=O)Nc3ccccc32)c1. The van der Waals surface area contributed by atoms with Gasteiger partial charge in [0.25, 0.3) is 5.91 Å². The lowest BCUT2D eigenvalue weighted by molar-refractivity contribution is -0.300. The van der Waals surface area contributed by atoms with E-state index in [0.717, 1.165) is 16.7 Å². The number of aliphatic hydroxyl groups is 4. The maximum Gasteiger partial charge on any atom is 0.258 e. The molecule has 3 aromatic rings. The standard InChI is InChI=1S/C34H40N2O9/c1-33(2,3)21-13-14-25(44-19-27(38)35-15-16-43-31-30(41)29(40)28(39)26(18-37)45-31)23(17-21)34(20-9-5-4-6-10-20)22-11-7-8-12-24(22)36-32(34)42/h4-14,17,26,28-31,37,39-41H,15-16,18-19H2,1-3H3,(H,35,38)(H,36,42). The van der Waals surface area contributed by atoms with Gasteiger partial charge in [-0.15, -0.1) is 0 Å². The van der Waals surface area contributed by atoms with Gasteiger partial charge in [0.1, 0.15) is 35.6 Å². The van der Waals surface area contributed by atoms with Crippen LogP contribution in [-0.4, -0.2) is 89.3 Å². The van der Waals surface area contributed by atoms with Crippen molar-refractivity contribution in [3.63, 3.8) is 0 Å². The van der Waals surface area contributed by atoms with Gasteiger partial charge in [0, 0.05) is 23.4 Å². The van der Waals surface area contributed by atoms with Crippen molar-refractivity contribution in [2.75, 3.05) is 31.7 Å². The number of rotatable bonds is 10. The van der Waals surface area contributed by atoms with Gasteiger partial charge in [-0.1, -0.05) is 75.4 Å². The summed E-state index contributed by atoms with van der Waals surface area (Å²) in [5, 5.41) is 45.1. The first-order chi connectivity index (χ1) is 21.5. The average molecular weight is 621 g/mol. The number of ether oxygens (including phenoxy) is 3. The van der Waals surface area contributed by atoms with E-state index in [9.17, 15) is 30.0 Å². The van der Waals surface area contributed by atoms with Gasteiger partial charge in [-0.05, 0) is 34.7 Å². The molecule has 5 rings (SSSR count). The number of hydrogen-bond acceptors (Lipinski definition) is 9. The molecule has 0 aliphatic carbocycles. The Balaban J connectivity index is 1.35. The zero-order valence-electron chi connectivity index (χ0n) is 25.5. The first-order valence-corrected chi connectivity index (χ1v) is 14.9. The smallest absolute Gasteiger partial charge is 0.258 e. The normalized spacial score (nSPS) is 26.2. The van der Waals surface area contributed by atoms with Crippen LogP contribution in [0.15, 0.2) is 72.8 Å². The van der Waals surface area contributed by atoms with Crippen LogP contribution < -0.4 is 15.4 Å². The van der Waals surface area contributed by atoms with Crippen LogP contribution in [0.25, 0.3) is 0 Å². The Labute approximate surface area is 261 Å². The van der Waals surface area contributed by atoms with Crippen LogP contribution >= 0.6 is 0 Å². The summed E-state index contributed by atoms with van der Waals surface area (Å²) in [6.07, 6.45) is -6.98. The van der Waals surface area contributed by atoms with Crippen LogP contribution in [0.5, 0.6) is 5.75 Å². The molecule has 2 aliphatic rings. The molecule has 6 unspecified atom stereocenters. The minimum Gasteiger partial charge on any atom is -0.483 e. The highest BCUT2D eigenvalue weighted by Crippen LogP contribution is 2.51. The molecule has 6 N–H and O–H groups in total. The highest BCUT2D eigenvalue weighted by molar-refractivity contribution is 6.11. The molecule has 3 aromatic carbocycles. The molecule has 240 valence electrons. The minimum absolute atomic E-state index is 0.0246. The van der Waals surface area contributed by atoms with Crippen LogP contribution in [0.4, 0.5) is 5.69 Å². The summed E-state index contributed by atoms with van der Waals surface area (Å²) in [6, 6.07) is 22.8. The van der Waals surface area contributed by atoms with Crippen molar-refractivity contribution in [3.8, 4) is 5.75 Å². The van der Waals surface area contributed by atoms with E-state index in [4.69, 9.17) is 14.2 Å².